The van der Waals surface area contributed by atoms with Crippen molar-refractivity contribution in [2.24, 2.45) is 0 Å². The summed E-state index contributed by atoms with van der Waals surface area (Å²) in [5.41, 5.74) is 2.58. The summed E-state index contributed by atoms with van der Waals surface area (Å²) in [6, 6.07) is 31.1. The van der Waals surface area contributed by atoms with Gasteiger partial charge in [0.05, 0.1) is 0 Å². The highest BCUT2D eigenvalue weighted by molar-refractivity contribution is 6.30. The summed E-state index contributed by atoms with van der Waals surface area (Å²) < 4.78 is 0. The number of hydrogen-bond donors (Lipinski definition) is 1. The van der Waals surface area contributed by atoms with E-state index < -0.39 is 11.6 Å². The Kier molecular flexibility index (Phi) is 8.85. The molecule has 38 heavy (non-hydrogen) atoms. The number of benzene rings is 4. The summed E-state index contributed by atoms with van der Waals surface area (Å²) in [6.07, 6.45) is 1.30. The molecule has 4 aromatic carbocycles. The summed E-state index contributed by atoms with van der Waals surface area (Å²) in [5, 5.41) is 6.01. The van der Waals surface area contributed by atoms with Crippen molar-refractivity contribution in [3.63, 3.8) is 0 Å². The predicted molar refractivity (Wildman–Crippen MR) is 156 cm³/mol. The summed E-state index contributed by atoms with van der Waals surface area (Å²) in [5.74, 6) is -0.232. The molecule has 1 atom stereocenters. The highest BCUT2D eigenvalue weighted by Gasteiger charge is 2.32. The van der Waals surface area contributed by atoms with E-state index >= 15 is 0 Å². The molecule has 196 valence electrons. The van der Waals surface area contributed by atoms with Gasteiger partial charge in [-0.3, -0.25) is 9.59 Å². The molecule has 0 aliphatic heterocycles. The van der Waals surface area contributed by atoms with Gasteiger partial charge in [-0.25, -0.2) is 0 Å². The first-order valence-electron chi connectivity index (χ1n) is 13.1. The molecule has 1 N–H and O–H groups in total. The highest BCUT2D eigenvalue weighted by atomic mass is 35.5. The third-order valence-corrected chi connectivity index (χ3v) is 6.73. The van der Waals surface area contributed by atoms with E-state index in [1.807, 2.05) is 93.6 Å². The second-order valence-electron chi connectivity index (χ2n) is 10.7. The van der Waals surface area contributed by atoms with Gasteiger partial charge in [0, 0.05) is 29.9 Å². The van der Waals surface area contributed by atoms with Crippen LogP contribution in [0.3, 0.4) is 0 Å². The minimum Gasteiger partial charge on any atom is -0.350 e. The molecule has 4 nitrogen and oxygen atoms in total. The van der Waals surface area contributed by atoms with Crippen LogP contribution in [0, 0.1) is 0 Å². The van der Waals surface area contributed by atoms with Crippen LogP contribution in [0.5, 0.6) is 0 Å². The van der Waals surface area contributed by atoms with Gasteiger partial charge in [-0.1, -0.05) is 96.5 Å². The Morgan fingerprint density at radius 2 is 1.50 bits per heavy atom. The lowest BCUT2D eigenvalue weighted by Gasteiger charge is -2.34. The molecule has 0 radical (unpaired) electrons. The number of nitrogens with one attached hydrogen (secondary N) is 1. The Morgan fingerprint density at radius 1 is 0.842 bits per heavy atom. The van der Waals surface area contributed by atoms with Crippen LogP contribution in [-0.4, -0.2) is 28.3 Å². The van der Waals surface area contributed by atoms with Crippen LogP contribution in [0.1, 0.15) is 43.9 Å². The number of rotatable bonds is 9. The zero-order chi connectivity index (χ0) is 27.1. The van der Waals surface area contributed by atoms with Gasteiger partial charge in [0.2, 0.25) is 11.8 Å². The van der Waals surface area contributed by atoms with Crippen molar-refractivity contribution in [1.82, 2.24) is 10.2 Å². The number of carbonyl (C=O) groups is 2. The van der Waals surface area contributed by atoms with Crippen molar-refractivity contribution < 1.29 is 9.59 Å². The molecule has 0 heterocycles. The van der Waals surface area contributed by atoms with Gasteiger partial charge in [-0.05, 0) is 66.8 Å². The van der Waals surface area contributed by atoms with Crippen molar-refractivity contribution in [3.05, 3.63) is 119 Å². The summed E-state index contributed by atoms with van der Waals surface area (Å²) in [6.45, 7) is 6.15. The third kappa shape index (κ3) is 7.45. The summed E-state index contributed by atoms with van der Waals surface area (Å²) in [4.78, 5) is 29.4. The number of hydrogen-bond acceptors (Lipinski definition) is 2. The zero-order valence-corrected chi connectivity index (χ0v) is 23.0. The SMILES string of the molecule is CC(C)(C)NC(=O)C(Cc1ccccc1)N(Cc1cccc(Cl)c1)C(=O)CCc1cccc2ccccc12. The maximum atomic E-state index is 14.0. The topological polar surface area (TPSA) is 49.4 Å². The van der Waals surface area contributed by atoms with Crippen LogP contribution in [0.25, 0.3) is 10.8 Å². The van der Waals surface area contributed by atoms with Crippen LogP contribution in [0.4, 0.5) is 0 Å². The molecule has 0 aliphatic rings. The number of nitrogens with zero attached hydrogens (tertiary/aromatic N) is 1. The Morgan fingerprint density at radius 3 is 2.24 bits per heavy atom. The number of amides is 2. The van der Waals surface area contributed by atoms with Crippen LogP contribution in [-0.2, 0) is 29.0 Å². The Labute approximate surface area is 230 Å². The van der Waals surface area contributed by atoms with E-state index in [0.717, 1.165) is 27.5 Å². The fourth-order valence-electron chi connectivity index (χ4n) is 4.73. The third-order valence-electron chi connectivity index (χ3n) is 6.50. The summed E-state index contributed by atoms with van der Waals surface area (Å²) in [7, 11) is 0. The number of fused-ring (bicyclic) bond motifs is 1. The van der Waals surface area contributed by atoms with E-state index in [0.29, 0.717) is 30.8 Å². The smallest absolute Gasteiger partial charge is 0.243 e. The van der Waals surface area contributed by atoms with E-state index in [-0.39, 0.29) is 11.8 Å². The second kappa shape index (κ2) is 12.3. The van der Waals surface area contributed by atoms with E-state index in [9.17, 15) is 9.59 Å². The van der Waals surface area contributed by atoms with Crippen LogP contribution < -0.4 is 5.32 Å². The fourth-order valence-corrected chi connectivity index (χ4v) is 4.95. The Bertz CT molecular complexity index is 1390. The minimum atomic E-state index is -0.671. The van der Waals surface area contributed by atoms with E-state index in [1.165, 1.54) is 0 Å². The van der Waals surface area contributed by atoms with Crippen molar-refractivity contribution >= 4 is 34.2 Å². The van der Waals surface area contributed by atoms with Crippen molar-refractivity contribution in [1.29, 1.82) is 0 Å². The molecule has 1 unspecified atom stereocenters. The van der Waals surface area contributed by atoms with E-state index in [1.54, 1.807) is 4.90 Å². The average molecular weight is 527 g/mol. The predicted octanol–water partition coefficient (Wildman–Crippen LogP) is 6.98. The molecule has 0 bridgehead atoms. The Hall–Kier alpha value is -3.63. The second-order valence-corrected chi connectivity index (χ2v) is 11.2. The maximum absolute atomic E-state index is 14.0. The van der Waals surface area contributed by atoms with Crippen LogP contribution in [0.15, 0.2) is 97.1 Å². The molecule has 0 spiro atoms. The van der Waals surface area contributed by atoms with Crippen LogP contribution >= 0.6 is 11.6 Å². The average Bonchev–Trinajstić information content (AvgIpc) is 2.89. The van der Waals surface area contributed by atoms with Gasteiger partial charge >= 0.3 is 0 Å². The molecular weight excluding hydrogens is 492 g/mol. The number of halogens is 1. The molecule has 4 aromatic rings. The molecule has 0 fully saturated rings. The molecule has 5 heteroatoms. The lowest BCUT2D eigenvalue weighted by atomic mass is 9.98. The number of carbonyl (C=O) groups excluding carboxylic acids is 2. The highest BCUT2D eigenvalue weighted by Crippen LogP contribution is 2.22. The van der Waals surface area contributed by atoms with E-state index in [2.05, 4.69) is 29.6 Å². The van der Waals surface area contributed by atoms with Gasteiger partial charge in [0.15, 0.2) is 0 Å². The first-order valence-corrected chi connectivity index (χ1v) is 13.4. The first-order chi connectivity index (χ1) is 18.2. The van der Waals surface area contributed by atoms with Gasteiger partial charge in [-0.15, -0.1) is 0 Å². The van der Waals surface area contributed by atoms with Gasteiger partial charge in [-0.2, -0.15) is 0 Å². The van der Waals surface area contributed by atoms with Gasteiger partial charge in [0.1, 0.15) is 6.04 Å². The number of aryl methyl sites for hydroxylation is 1. The molecule has 0 saturated carbocycles. The first kappa shape index (κ1) is 27.4. The van der Waals surface area contributed by atoms with E-state index in [4.69, 9.17) is 11.6 Å². The lowest BCUT2D eigenvalue weighted by molar-refractivity contribution is -0.141. The lowest BCUT2D eigenvalue weighted by Crippen LogP contribution is -2.54. The van der Waals surface area contributed by atoms with Crippen LogP contribution in [0.2, 0.25) is 5.02 Å². The molecule has 2 amide bonds. The molecule has 0 saturated heterocycles. The van der Waals surface area contributed by atoms with Crippen molar-refractivity contribution in [2.45, 2.75) is 58.2 Å². The normalized spacial score (nSPS) is 12.2. The molecule has 4 rings (SSSR count). The van der Waals surface area contributed by atoms with Gasteiger partial charge in [0.25, 0.3) is 0 Å². The summed E-state index contributed by atoms with van der Waals surface area (Å²) >= 11 is 6.28. The molecule has 0 aliphatic carbocycles. The largest absolute Gasteiger partial charge is 0.350 e. The quantitative estimate of drug-likeness (QED) is 0.256. The van der Waals surface area contributed by atoms with Gasteiger partial charge < -0.3 is 10.2 Å². The zero-order valence-electron chi connectivity index (χ0n) is 22.3. The molecule has 0 aromatic heterocycles. The maximum Gasteiger partial charge on any atom is 0.243 e. The van der Waals surface area contributed by atoms with Crippen molar-refractivity contribution in [3.8, 4) is 0 Å². The molecular formula is C33H35ClN2O2. The monoisotopic (exact) mass is 526 g/mol. The fraction of sp³-hybridized carbons (Fsp3) is 0.273. The minimum absolute atomic E-state index is 0.0668. The standard InChI is InChI=1S/C33H35ClN2O2/c1-33(2,3)35-32(38)30(22-24-11-5-4-6-12-24)36(23-25-13-9-17-28(34)21-25)31(37)20-19-27-16-10-15-26-14-7-8-18-29(26)27/h4-18,21,30H,19-20,22-23H2,1-3H3,(H,35,38). The van der Waals surface area contributed by atoms with Crippen molar-refractivity contribution in [2.75, 3.05) is 0 Å². The Balaban J connectivity index is 1.66.